The fraction of sp³-hybridized carbons (Fsp3) is 0.148. The standard InChI is InChI=1S/C27H21ClN8O2/c1-15-21-22(18-11-30-35(2)12-18)23-25-31-24(34-36(25)14-29-26(23)38-27(21)33-32-15)17-5-3-4-16(10-17)13-37-20-8-6-19(28)7-9-20/h3-12,14,22H,13H2,1-2H3,(H,32,33)/t22-/m0/s1. The van der Waals surface area contributed by atoms with Crippen LogP contribution in [0.5, 0.6) is 17.5 Å². The van der Waals surface area contributed by atoms with Gasteiger partial charge in [-0.05, 0) is 42.8 Å². The van der Waals surface area contributed by atoms with Gasteiger partial charge in [-0.2, -0.15) is 5.10 Å². The molecule has 1 aliphatic heterocycles. The third-order valence-corrected chi connectivity index (χ3v) is 6.83. The zero-order valence-corrected chi connectivity index (χ0v) is 21.2. The van der Waals surface area contributed by atoms with Crippen LogP contribution in [0.3, 0.4) is 0 Å². The van der Waals surface area contributed by atoms with E-state index in [1.54, 1.807) is 27.7 Å². The third kappa shape index (κ3) is 3.77. The molecule has 0 amide bonds. The molecule has 2 aromatic carbocycles. The van der Waals surface area contributed by atoms with E-state index in [2.05, 4.69) is 20.3 Å². The molecule has 0 fully saturated rings. The van der Waals surface area contributed by atoms with Crippen LogP contribution < -0.4 is 9.47 Å². The van der Waals surface area contributed by atoms with Crippen molar-refractivity contribution < 1.29 is 9.47 Å². The van der Waals surface area contributed by atoms with Gasteiger partial charge >= 0.3 is 0 Å². The number of ether oxygens (including phenoxy) is 2. The lowest BCUT2D eigenvalue weighted by Gasteiger charge is -2.24. The van der Waals surface area contributed by atoms with Gasteiger partial charge in [0.2, 0.25) is 11.8 Å². The van der Waals surface area contributed by atoms with Gasteiger partial charge < -0.3 is 9.47 Å². The second-order valence-electron chi connectivity index (χ2n) is 9.16. The molecule has 1 N–H and O–H groups in total. The molecule has 7 rings (SSSR count). The second kappa shape index (κ2) is 8.70. The maximum atomic E-state index is 6.09. The van der Waals surface area contributed by atoms with Crippen molar-refractivity contribution in [2.24, 2.45) is 7.05 Å². The summed E-state index contributed by atoms with van der Waals surface area (Å²) in [6.07, 6.45) is 5.45. The fourth-order valence-corrected chi connectivity index (χ4v) is 4.93. The van der Waals surface area contributed by atoms with Gasteiger partial charge in [0.05, 0.1) is 17.7 Å². The molecular weight excluding hydrogens is 504 g/mol. The van der Waals surface area contributed by atoms with Crippen molar-refractivity contribution >= 4 is 17.2 Å². The Balaban J connectivity index is 1.28. The molecule has 0 radical (unpaired) electrons. The van der Waals surface area contributed by atoms with Gasteiger partial charge in [-0.25, -0.2) is 14.5 Å². The summed E-state index contributed by atoms with van der Waals surface area (Å²) < 4.78 is 15.5. The molecule has 38 heavy (non-hydrogen) atoms. The first-order chi connectivity index (χ1) is 18.5. The van der Waals surface area contributed by atoms with Crippen molar-refractivity contribution in [2.75, 3.05) is 0 Å². The highest BCUT2D eigenvalue weighted by atomic mass is 35.5. The number of benzene rings is 2. The first-order valence-electron chi connectivity index (χ1n) is 12.0. The summed E-state index contributed by atoms with van der Waals surface area (Å²) in [5.41, 5.74) is 6.18. The number of hydrogen-bond acceptors (Lipinski definition) is 7. The first kappa shape index (κ1) is 22.5. The van der Waals surface area contributed by atoms with Gasteiger partial charge in [0.1, 0.15) is 18.7 Å². The molecule has 0 saturated heterocycles. The molecule has 1 atom stereocenters. The van der Waals surface area contributed by atoms with Gasteiger partial charge in [0, 0.05) is 40.7 Å². The zero-order chi connectivity index (χ0) is 25.8. The molecule has 6 aromatic rings. The molecule has 0 bridgehead atoms. The molecule has 10 nitrogen and oxygen atoms in total. The van der Waals surface area contributed by atoms with E-state index in [9.17, 15) is 0 Å². The molecule has 0 saturated carbocycles. The largest absolute Gasteiger partial charge is 0.489 e. The Morgan fingerprint density at radius 2 is 1.97 bits per heavy atom. The lowest BCUT2D eigenvalue weighted by atomic mass is 9.86. The maximum absolute atomic E-state index is 6.09. The molecule has 4 aromatic heterocycles. The SMILES string of the molecule is Cc1[nH]nc2c1[C@H](c1cnn(C)c1)c1c(ncn3nc(-c4cccc(COc5ccc(Cl)cc5)c4)nc13)O2. The van der Waals surface area contributed by atoms with E-state index in [4.69, 9.17) is 31.2 Å². The summed E-state index contributed by atoms with van der Waals surface area (Å²) in [6, 6.07) is 15.3. The zero-order valence-electron chi connectivity index (χ0n) is 20.5. The van der Waals surface area contributed by atoms with E-state index in [1.807, 2.05) is 62.8 Å². The Morgan fingerprint density at radius 1 is 1.11 bits per heavy atom. The number of fused-ring (bicyclic) bond motifs is 4. The number of aromatic nitrogens is 8. The lowest BCUT2D eigenvalue weighted by molar-refractivity contribution is 0.306. The number of H-pyrrole nitrogens is 1. The van der Waals surface area contributed by atoms with Gasteiger partial charge in [-0.1, -0.05) is 29.8 Å². The monoisotopic (exact) mass is 524 g/mol. The number of hydrogen-bond donors (Lipinski definition) is 1. The van der Waals surface area contributed by atoms with Crippen LogP contribution in [-0.2, 0) is 13.7 Å². The van der Waals surface area contributed by atoms with Crippen LogP contribution in [0.2, 0.25) is 5.02 Å². The van der Waals surface area contributed by atoms with E-state index in [0.717, 1.165) is 39.3 Å². The lowest BCUT2D eigenvalue weighted by Crippen LogP contribution is -2.14. The van der Waals surface area contributed by atoms with Crippen molar-refractivity contribution in [3.63, 3.8) is 0 Å². The Bertz CT molecular complexity index is 1800. The predicted octanol–water partition coefficient (Wildman–Crippen LogP) is 5.07. The highest BCUT2D eigenvalue weighted by Crippen LogP contribution is 2.48. The van der Waals surface area contributed by atoms with Crippen molar-refractivity contribution in [1.29, 1.82) is 0 Å². The Morgan fingerprint density at radius 3 is 2.79 bits per heavy atom. The summed E-state index contributed by atoms with van der Waals surface area (Å²) in [5.74, 6) is 2.07. The first-order valence-corrected chi connectivity index (χ1v) is 12.4. The van der Waals surface area contributed by atoms with Crippen LogP contribution in [0.1, 0.15) is 33.9 Å². The number of halogens is 1. The number of aromatic amines is 1. The molecule has 188 valence electrons. The third-order valence-electron chi connectivity index (χ3n) is 6.58. The van der Waals surface area contributed by atoms with Crippen LogP contribution >= 0.6 is 11.6 Å². The molecule has 0 unspecified atom stereocenters. The van der Waals surface area contributed by atoms with Crippen LogP contribution in [0.15, 0.2) is 67.3 Å². The van der Waals surface area contributed by atoms with Gasteiger partial charge in [0.15, 0.2) is 11.5 Å². The number of aryl methyl sites for hydroxylation is 2. The molecule has 0 aliphatic carbocycles. The van der Waals surface area contributed by atoms with E-state index in [1.165, 1.54) is 0 Å². The minimum absolute atomic E-state index is 0.214. The van der Waals surface area contributed by atoms with Gasteiger partial charge in [0.25, 0.3) is 0 Å². The summed E-state index contributed by atoms with van der Waals surface area (Å²) in [5, 5.41) is 17.2. The molecule has 0 spiro atoms. The van der Waals surface area contributed by atoms with Crippen molar-refractivity contribution in [2.45, 2.75) is 19.4 Å². The highest BCUT2D eigenvalue weighted by molar-refractivity contribution is 6.30. The maximum Gasteiger partial charge on any atom is 0.244 e. The smallest absolute Gasteiger partial charge is 0.244 e. The van der Waals surface area contributed by atoms with Crippen LogP contribution in [0.25, 0.3) is 17.0 Å². The van der Waals surface area contributed by atoms with E-state index in [0.29, 0.717) is 34.9 Å². The van der Waals surface area contributed by atoms with Crippen molar-refractivity contribution in [1.82, 2.24) is 39.6 Å². The second-order valence-corrected chi connectivity index (χ2v) is 9.60. The van der Waals surface area contributed by atoms with Gasteiger partial charge in [-0.15, -0.1) is 10.2 Å². The minimum atomic E-state index is -0.214. The number of nitrogens with one attached hydrogen (secondary N) is 1. The molecule has 5 heterocycles. The topological polar surface area (TPSA) is 108 Å². The Labute approximate surface area is 221 Å². The molecule has 11 heteroatoms. The van der Waals surface area contributed by atoms with Gasteiger partial charge in [-0.3, -0.25) is 9.78 Å². The van der Waals surface area contributed by atoms with E-state index in [-0.39, 0.29) is 5.92 Å². The van der Waals surface area contributed by atoms with Crippen LogP contribution in [0, 0.1) is 6.92 Å². The number of rotatable bonds is 5. The average Bonchev–Trinajstić information content (AvgIpc) is 3.66. The fourth-order valence-electron chi connectivity index (χ4n) is 4.81. The Hall–Kier alpha value is -4.70. The normalized spacial score (nSPS) is 14.2. The molecule has 1 aliphatic rings. The summed E-state index contributed by atoms with van der Waals surface area (Å²) in [6.45, 7) is 2.38. The number of nitrogens with zero attached hydrogens (tertiary/aromatic N) is 7. The molecular formula is C27H21ClN8O2. The summed E-state index contributed by atoms with van der Waals surface area (Å²) in [7, 11) is 1.89. The van der Waals surface area contributed by atoms with Crippen LogP contribution in [0.4, 0.5) is 0 Å². The van der Waals surface area contributed by atoms with E-state index < -0.39 is 0 Å². The minimum Gasteiger partial charge on any atom is -0.489 e. The highest BCUT2D eigenvalue weighted by Gasteiger charge is 2.37. The van der Waals surface area contributed by atoms with Crippen LogP contribution in [-0.4, -0.2) is 39.6 Å². The average molecular weight is 525 g/mol. The van der Waals surface area contributed by atoms with Crippen molar-refractivity contribution in [3.8, 4) is 28.9 Å². The quantitative estimate of drug-likeness (QED) is 0.334. The predicted molar refractivity (Wildman–Crippen MR) is 140 cm³/mol. The summed E-state index contributed by atoms with van der Waals surface area (Å²) >= 11 is 5.97. The van der Waals surface area contributed by atoms with E-state index >= 15 is 0 Å². The Kier molecular flexibility index (Phi) is 5.15. The van der Waals surface area contributed by atoms with Crippen molar-refractivity contribution in [3.05, 3.63) is 100 Å². The summed E-state index contributed by atoms with van der Waals surface area (Å²) in [4.78, 5) is 9.51.